The standard InChI is InChI=1S/C23H28N2OS/c1-4-23(2,3)16-11-12-17-18(14-16)27-22-20(17)21(26)24-19(25-22)13-10-15-8-6-5-7-9-15/h5-10,13,16,19,25H,4,11-12,14H2,1-3H3,(H,24,26). The first-order chi connectivity index (χ1) is 13.0. The van der Waals surface area contributed by atoms with E-state index in [2.05, 4.69) is 49.6 Å². The molecule has 2 N–H and O–H groups in total. The van der Waals surface area contributed by atoms with Crippen LogP contribution >= 0.6 is 11.3 Å². The normalized spacial score (nSPS) is 22.1. The van der Waals surface area contributed by atoms with E-state index in [0.29, 0.717) is 11.3 Å². The highest BCUT2D eigenvalue weighted by Gasteiger charge is 2.36. The van der Waals surface area contributed by atoms with E-state index in [1.807, 2.05) is 24.3 Å². The number of hydrogen-bond acceptors (Lipinski definition) is 3. The molecule has 3 nitrogen and oxygen atoms in total. The molecule has 1 aliphatic carbocycles. The molecule has 2 aromatic rings. The topological polar surface area (TPSA) is 41.1 Å². The molecule has 142 valence electrons. The van der Waals surface area contributed by atoms with E-state index in [1.165, 1.54) is 23.3 Å². The van der Waals surface area contributed by atoms with Gasteiger partial charge in [-0.15, -0.1) is 11.3 Å². The van der Waals surface area contributed by atoms with Gasteiger partial charge in [0.25, 0.3) is 5.91 Å². The van der Waals surface area contributed by atoms with Crippen molar-refractivity contribution in [1.29, 1.82) is 0 Å². The lowest BCUT2D eigenvalue weighted by molar-refractivity contribution is 0.0942. The molecular weight excluding hydrogens is 352 g/mol. The van der Waals surface area contributed by atoms with Crippen LogP contribution in [0.5, 0.6) is 0 Å². The van der Waals surface area contributed by atoms with E-state index >= 15 is 0 Å². The second-order valence-electron chi connectivity index (χ2n) is 8.36. The number of benzene rings is 1. The molecular formula is C23H28N2OS. The Balaban J connectivity index is 1.55. The van der Waals surface area contributed by atoms with Crippen LogP contribution in [0.2, 0.25) is 0 Å². The third-order valence-corrected chi connectivity index (χ3v) is 7.55. The predicted octanol–water partition coefficient (Wildman–Crippen LogP) is 5.48. The number of anilines is 1. The minimum absolute atomic E-state index is 0.0668. The average Bonchev–Trinajstić information content (AvgIpc) is 3.05. The summed E-state index contributed by atoms with van der Waals surface area (Å²) in [5.74, 6) is 0.768. The number of fused-ring (bicyclic) bond motifs is 3. The third-order valence-electron chi connectivity index (χ3n) is 6.36. The Bertz CT molecular complexity index is 866. The average molecular weight is 381 g/mol. The number of hydrogen-bond donors (Lipinski definition) is 2. The Hall–Kier alpha value is -2.07. The Labute approximate surface area is 165 Å². The zero-order chi connectivity index (χ0) is 19.0. The molecule has 4 heteroatoms. The van der Waals surface area contributed by atoms with Gasteiger partial charge in [-0.3, -0.25) is 4.79 Å². The molecule has 1 aromatic heterocycles. The summed E-state index contributed by atoms with van der Waals surface area (Å²) in [5, 5.41) is 7.67. The second-order valence-corrected chi connectivity index (χ2v) is 9.46. The summed E-state index contributed by atoms with van der Waals surface area (Å²) < 4.78 is 0. The van der Waals surface area contributed by atoms with Crippen LogP contribution in [0.3, 0.4) is 0 Å². The molecule has 0 spiro atoms. The van der Waals surface area contributed by atoms with E-state index in [-0.39, 0.29) is 12.1 Å². The first-order valence-corrected chi connectivity index (χ1v) is 10.7. The van der Waals surface area contributed by atoms with E-state index in [1.54, 1.807) is 11.3 Å². The lowest BCUT2D eigenvalue weighted by Gasteiger charge is -2.36. The van der Waals surface area contributed by atoms with Crippen LogP contribution in [-0.2, 0) is 12.8 Å². The van der Waals surface area contributed by atoms with Crippen molar-refractivity contribution in [2.75, 3.05) is 5.32 Å². The summed E-state index contributed by atoms with van der Waals surface area (Å²) in [6.45, 7) is 7.05. The Morgan fingerprint density at radius 2 is 2.00 bits per heavy atom. The van der Waals surface area contributed by atoms with Crippen molar-refractivity contribution >= 4 is 28.3 Å². The number of rotatable bonds is 4. The van der Waals surface area contributed by atoms with Gasteiger partial charge in [0, 0.05) is 4.88 Å². The van der Waals surface area contributed by atoms with Crippen LogP contribution in [0.1, 0.15) is 60.0 Å². The summed E-state index contributed by atoms with van der Waals surface area (Å²) in [4.78, 5) is 14.2. The maximum absolute atomic E-state index is 12.8. The number of carbonyl (C=O) groups is 1. The van der Waals surface area contributed by atoms with Crippen LogP contribution in [0.15, 0.2) is 36.4 Å². The summed E-state index contributed by atoms with van der Waals surface area (Å²) in [6, 6.07) is 10.2. The van der Waals surface area contributed by atoms with Gasteiger partial charge in [-0.25, -0.2) is 0 Å². The molecule has 0 radical (unpaired) electrons. The summed E-state index contributed by atoms with van der Waals surface area (Å²) in [6.07, 6.45) is 8.43. The Kier molecular flexibility index (Phi) is 4.85. The number of nitrogens with one attached hydrogen (secondary N) is 2. The summed E-state index contributed by atoms with van der Waals surface area (Å²) >= 11 is 1.79. The molecule has 1 aliphatic heterocycles. The highest BCUT2D eigenvalue weighted by atomic mass is 32.1. The maximum Gasteiger partial charge on any atom is 0.256 e. The molecule has 2 atom stereocenters. The smallest absolute Gasteiger partial charge is 0.256 e. The van der Waals surface area contributed by atoms with E-state index in [4.69, 9.17) is 0 Å². The molecule has 4 rings (SSSR count). The molecule has 0 fully saturated rings. The number of thiophene rings is 1. The zero-order valence-corrected chi connectivity index (χ0v) is 17.2. The summed E-state index contributed by atoms with van der Waals surface area (Å²) in [7, 11) is 0. The largest absolute Gasteiger partial charge is 0.353 e. The number of amides is 1. The molecule has 0 bridgehead atoms. The first-order valence-electron chi connectivity index (χ1n) is 9.93. The van der Waals surface area contributed by atoms with Gasteiger partial charge >= 0.3 is 0 Å². The van der Waals surface area contributed by atoms with Crippen molar-refractivity contribution in [2.24, 2.45) is 11.3 Å². The Morgan fingerprint density at radius 3 is 2.74 bits per heavy atom. The number of carbonyl (C=O) groups excluding carboxylic acids is 1. The summed E-state index contributed by atoms with van der Waals surface area (Å²) in [5.41, 5.74) is 3.67. The van der Waals surface area contributed by atoms with E-state index in [0.717, 1.165) is 29.0 Å². The van der Waals surface area contributed by atoms with Gasteiger partial charge in [-0.05, 0) is 47.8 Å². The lowest BCUT2D eigenvalue weighted by atomic mass is 9.69. The van der Waals surface area contributed by atoms with Gasteiger partial charge < -0.3 is 10.6 Å². The van der Waals surface area contributed by atoms with Gasteiger partial charge in [-0.1, -0.05) is 63.6 Å². The molecule has 0 saturated carbocycles. The van der Waals surface area contributed by atoms with Crippen molar-refractivity contribution in [1.82, 2.24) is 5.32 Å². The van der Waals surface area contributed by atoms with Gasteiger partial charge in [0.15, 0.2) is 0 Å². The Morgan fingerprint density at radius 1 is 1.22 bits per heavy atom. The van der Waals surface area contributed by atoms with Gasteiger partial charge in [0.05, 0.1) is 5.56 Å². The molecule has 1 aromatic carbocycles. The highest BCUT2D eigenvalue weighted by molar-refractivity contribution is 7.16. The van der Waals surface area contributed by atoms with Gasteiger partial charge in [-0.2, -0.15) is 0 Å². The first kappa shape index (κ1) is 18.3. The molecule has 2 unspecified atom stereocenters. The molecule has 2 aliphatic rings. The van der Waals surface area contributed by atoms with Crippen molar-refractivity contribution < 1.29 is 4.79 Å². The second kappa shape index (κ2) is 7.16. The molecule has 1 amide bonds. The quantitative estimate of drug-likeness (QED) is 0.737. The maximum atomic E-state index is 12.8. The van der Waals surface area contributed by atoms with Gasteiger partial charge in [0.1, 0.15) is 11.2 Å². The third kappa shape index (κ3) is 3.55. The minimum atomic E-state index is -0.159. The fourth-order valence-electron chi connectivity index (χ4n) is 4.14. The van der Waals surface area contributed by atoms with E-state index < -0.39 is 0 Å². The fourth-order valence-corrected chi connectivity index (χ4v) is 5.50. The van der Waals surface area contributed by atoms with Gasteiger partial charge in [0.2, 0.25) is 0 Å². The lowest BCUT2D eigenvalue weighted by Crippen LogP contribution is -2.43. The van der Waals surface area contributed by atoms with Crippen molar-refractivity contribution in [3.05, 3.63) is 58.0 Å². The monoisotopic (exact) mass is 380 g/mol. The van der Waals surface area contributed by atoms with Crippen LogP contribution in [0, 0.1) is 11.3 Å². The molecule has 0 saturated heterocycles. The predicted molar refractivity (Wildman–Crippen MR) is 114 cm³/mol. The molecule has 2 heterocycles. The minimum Gasteiger partial charge on any atom is -0.353 e. The van der Waals surface area contributed by atoms with Crippen LogP contribution in [0.25, 0.3) is 6.08 Å². The van der Waals surface area contributed by atoms with Crippen molar-refractivity contribution in [3.8, 4) is 0 Å². The SMILES string of the molecule is CCC(C)(C)C1CCc2c(sc3c2C(=O)NC(C=Cc2ccccc2)N3)C1. The van der Waals surface area contributed by atoms with E-state index in [9.17, 15) is 4.79 Å². The zero-order valence-electron chi connectivity index (χ0n) is 16.3. The van der Waals surface area contributed by atoms with Crippen LogP contribution in [0.4, 0.5) is 5.00 Å². The van der Waals surface area contributed by atoms with Crippen LogP contribution in [-0.4, -0.2) is 12.1 Å². The highest BCUT2D eigenvalue weighted by Crippen LogP contribution is 2.46. The van der Waals surface area contributed by atoms with Crippen molar-refractivity contribution in [2.45, 2.75) is 52.6 Å². The molecule has 27 heavy (non-hydrogen) atoms. The van der Waals surface area contributed by atoms with Crippen molar-refractivity contribution in [3.63, 3.8) is 0 Å². The van der Waals surface area contributed by atoms with Crippen LogP contribution < -0.4 is 10.6 Å². The fraction of sp³-hybridized carbons (Fsp3) is 0.435.